The van der Waals surface area contributed by atoms with E-state index < -0.39 is 0 Å². The maximum absolute atomic E-state index is 12.3. The highest BCUT2D eigenvalue weighted by atomic mass is 16.2. The van der Waals surface area contributed by atoms with Crippen LogP contribution in [0.1, 0.15) is 40.4 Å². The zero-order valence-corrected chi connectivity index (χ0v) is 13.0. The first-order valence-corrected chi connectivity index (χ1v) is 7.17. The monoisotopic (exact) mass is 276 g/mol. The van der Waals surface area contributed by atoms with Crippen molar-refractivity contribution < 1.29 is 4.79 Å². The van der Waals surface area contributed by atoms with Crippen molar-refractivity contribution in [3.05, 3.63) is 23.8 Å². The van der Waals surface area contributed by atoms with Gasteiger partial charge in [0.25, 0.3) is 0 Å². The molecule has 0 aliphatic heterocycles. The summed E-state index contributed by atoms with van der Waals surface area (Å²) in [4.78, 5) is 12.3. The topological polar surface area (TPSA) is 59.8 Å². The number of rotatable bonds is 5. The average Bonchev–Trinajstić information content (AvgIpc) is 2.76. The van der Waals surface area contributed by atoms with Crippen LogP contribution in [-0.4, -0.2) is 20.7 Å². The van der Waals surface area contributed by atoms with E-state index in [-0.39, 0.29) is 17.2 Å². The lowest BCUT2D eigenvalue weighted by Gasteiger charge is -2.06. The van der Waals surface area contributed by atoms with Crippen LogP contribution in [0.5, 0.6) is 0 Å². The molecular weight excluding hydrogens is 252 g/mol. The summed E-state index contributed by atoms with van der Waals surface area (Å²) in [5.41, 5.74) is 1.32. The molecule has 0 saturated heterocycles. The van der Waals surface area contributed by atoms with Crippen LogP contribution >= 0.6 is 0 Å². The zero-order valence-electron chi connectivity index (χ0n) is 13.0. The van der Waals surface area contributed by atoms with Gasteiger partial charge in [-0.05, 0) is 32.1 Å². The van der Waals surface area contributed by atoms with E-state index in [1.165, 1.54) is 5.57 Å². The van der Waals surface area contributed by atoms with Crippen LogP contribution in [0.4, 0.5) is 0 Å². The molecule has 2 atom stereocenters. The fourth-order valence-electron chi connectivity index (χ4n) is 2.80. The Morgan fingerprint density at radius 1 is 1.50 bits per heavy atom. The molecule has 1 aromatic heterocycles. The Morgan fingerprint density at radius 3 is 2.80 bits per heavy atom. The molecule has 110 valence electrons. The molecule has 1 aliphatic carbocycles. The fraction of sp³-hybridized carbons (Fsp3) is 0.667. The smallest absolute Gasteiger partial charge is 0.224 e. The highest BCUT2D eigenvalue weighted by molar-refractivity contribution is 5.83. The minimum Gasteiger partial charge on any atom is -0.349 e. The van der Waals surface area contributed by atoms with Gasteiger partial charge in [-0.1, -0.05) is 25.5 Å². The van der Waals surface area contributed by atoms with Crippen LogP contribution in [0.3, 0.4) is 0 Å². The van der Waals surface area contributed by atoms with E-state index in [9.17, 15) is 4.79 Å². The van der Waals surface area contributed by atoms with Crippen LogP contribution in [0.25, 0.3) is 0 Å². The van der Waals surface area contributed by atoms with Crippen LogP contribution < -0.4 is 5.32 Å². The van der Waals surface area contributed by atoms with E-state index in [1.807, 2.05) is 11.5 Å². The summed E-state index contributed by atoms with van der Waals surface area (Å²) in [5, 5.41) is 10.9. The van der Waals surface area contributed by atoms with Gasteiger partial charge >= 0.3 is 0 Å². The van der Waals surface area contributed by atoms with Crippen molar-refractivity contribution in [3.63, 3.8) is 0 Å². The number of aryl methyl sites for hydroxylation is 1. The van der Waals surface area contributed by atoms with E-state index >= 15 is 0 Å². The van der Waals surface area contributed by atoms with Gasteiger partial charge in [0.05, 0.1) is 12.5 Å². The number of carbonyl (C=O) groups excluding carboxylic acids is 1. The number of amides is 1. The van der Waals surface area contributed by atoms with Crippen molar-refractivity contribution in [1.29, 1.82) is 0 Å². The van der Waals surface area contributed by atoms with Gasteiger partial charge in [-0.15, -0.1) is 10.2 Å². The molecule has 1 saturated carbocycles. The number of nitrogens with one attached hydrogen (secondary N) is 1. The third-order valence-electron chi connectivity index (χ3n) is 4.16. The van der Waals surface area contributed by atoms with Crippen LogP contribution in [0, 0.1) is 17.3 Å². The molecule has 0 aromatic carbocycles. The molecule has 0 spiro atoms. The summed E-state index contributed by atoms with van der Waals surface area (Å²) in [7, 11) is 0. The quantitative estimate of drug-likeness (QED) is 0.838. The van der Waals surface area contributed by atoms with E-state index in [4.69, 9.17) is 0 Å². The lowest BCUT2D eigenvalue weighted by molar-refractivity contribution is -0.123. The molecule has 1 amide bonds. The summed E-state index contributed by atoms with van der Waals surface area (Å²) in [6.45, 7) is 11.7. The maximum atomic E-state index is 12.3. The largest absolute Gasteiger partial charge is 0.349 e. The second-order valence-corrected chi connectivity index (χ2v) is 6.32. The maximum Gasteiger partial charge on any atom is 0.224 e. The first-order valence-electron chi connectivity index (χ1n) is 7.17. The van der Waals surface area contributed by atoms with Crippen molar-refractivity contribution in [2.24, 2.45) is 17.3 Å². The van der Waals surface area contributed by atoms with Gasteiger partial charge < -0.3 is 9.88 Å². The zero-order chi connectivity index (χ0) is 14.9. The molecule has 5 nitrogen and oxygen atoms in total. The number of hydrogen-bond acceptors (Lipinski definition) is 3. The normalized spacial score (nSPS) is 23.2. The number of aromatic nitrogens is 3. The van der Waals surface area contributed by atoms with Crippen LogP contribution in [0.15, 0.2) is 18.0 Å². The SMILES string of the molecule is CCn1cnnc1CNC(=O)C1C(C=C(C)C)C1(C)C. The number of hydrogen-bond donors (Lipinski definition) is 1. The summed E-state index contributed by atoms with van der Waals surface area (Å²) < 4.78 is 1.94. The van der Waals surface area contributed by atoms with E-state index in [0.29, 0.717) is 12.5 Å². The molecule has 1 heterocycles. The lowest BCUT2D eigenvalue weighted by atomic mass is 10.1. The van der Waals surface area contributed by atoms with Gasteiger partial charge in [-0.2, -0.15) is 0 Å². The summed E-state index contributed by atoms with van der Waals surface area (Å²) >= 11 is 0. The van der Waals surface area contributed by atoms with Crippen molar-refractivity contribution in [1.82, 2.24) is 20.1 Å². The van der Waals surface area contributed by atoms with Crippen LogP contribution in [-0.2, 0) is 17.9 Å². The average molecular weight is 276 g/mol. The summed E-state index contributed by atoms with van der Waals surface area (Å²) in [6.07, 6.45) is 3.90. The molecule has 1 aliphatic rings. The molecule has 1 N–H and O–H groups in total. The summed E-state index contributed by atoms with van der Waals surface area (Å²) in [6, 6.07) is 0. The van der Waals surface area contributed by atoms with E-state index in [0.717, 1.165) is 12.4 Å². The Morgan fingerprint density at radius 2 is 2.20 bits per heavy atom. The van der Waals surface area contributed by atoms with Crippen molar-refractivity contribution in [2.45, 2.75) is 47.7 Å². The Balaban J connectivity index is 1.95. The fourth-order valence-corrected chi connectivity index (χ4v) is 2.80. The second kappa shape index (κ2) is 5.38. The first-order chi connectivity index (χ1) is 9.37. The molecule has 1 aromatic rings. The molecule has 0 radical (unpaired) electrons. The second-order valence-electron chi connectivity index (χ2n) is 6.32. The molecule has 2 rings (SSSR count). The van der Waals surface area contributed by atoms with Gasteiger partial charge in [0.1, 0.15) is 6.33 Å². The molecule has 20 heavy (non-hydrogen) atoms. The Labute approximate surface area is 120 Å². The summed E-state index contributed by atoms with van der Waals surface area (Å²) in [5.74, 6) is 1.33. The number of nitrogens with zero attached hydrogens (tertiary/aromatic N) is 3. The number of allylic oxidation sites excluding steroid dienone is 2. The van der Waals surface area contributed by atoms with Gasteiger partial charge in [0.2, 0.25) is 5.91 Å². The molecule has 2 unspecified atom stereocenters. The van der Waals surface area contributed by atoms with Gasteiger partial charge in [-0.3, -0.25) is 4.79 Å². The van der Waals surface area contributed by atoms with E-state index in [1.54, 1.807) is 6.33 Å². The molecular formula is C15H24N4O. The Bertz CT molecular complexity index is 526. The Hall–Kier alpha value is -1.65. The predicted molar refractivity (Wildman–Crippen MR) is 77.7 cm³/mol. The minimum absolute atomic E-state index is 0.0553. The van der Waals surface area contributed by atoms with Gasteiger partial charge in [0, 0.05) is 6.54 Å². The molecule has 0 bridgehead atoms. The molecule has 1 fully saturated rings. The third-order valence-corrected chi connectivity index (χ3v) is 4.16. The standard InChI is InChI=1S/C15H24N4O/c1-6-19-9-17-18-12(19)8-16-14(20)13-11(7-10(2)3)15(13,4)5/h7,9,11,13H,6,8H2,1-5H3,(H,16,20). The van der Waals surface area contributed by atoms with Crippen molar-refractivity contribution in [3.8, 4) is 0 Å². The minimum atomic E-state index is 0.0553. The van der Waals surface area contributed by atoms with Gasteiger partial charge in [-0.25, -0.2) is 0 Å². The lowest BCUT2D eigenvalue weighted by Crippen LogP contribution is -2.27. The van der Waals surface area contributed by atoms with Crippen molar-refractivity contribution >= 4 is 5.91 Å². The number of carbonyl (C=O) groups is 1. The van der Waals surface area contributed by atoms with Crippen LogP contribution in [0.2, 0.25) is 0 Å². The Kier molecular flexibility index (Phi) is 3.97. The highest BCUT2D eigenvalue weighted by Gasteiger charge is 2.60. The highest BCUT2D eigenvalue weighted by Crippen LogP contribution is 2.59. The van der Waals surface area contributed by atoms with Crippen molar-refractivity contribution in [2.75, 3.05) is 0 Å². The van der Waals surface area contributed by atoms with Gasteiger partial charge in [0.15, 0.2) is 5.82 Å². The molecule has 5 heteroatoms. The van der Waals surface area contributed by atoms with E-state index in [2.05, 4.69) is 49.3 Å². The first kappa shape index (κ1) is 14.8. The third kappa shape index (κ3) is 2.76. The predicted octanol–water partition coefficient (Wildman–Crippen LogP) is 2.15.